The predicted octanol–water partition coefficient (Wildman–Crippen LogP) is 3.18. The standard InChI is InChI=1S/C14H17N3O/c1-4-11-12(9-8-10(2)16-11)18-14-7-5-6-13(15-3)17-14/h5-9H,4H2,1-3H3,(H,15,17). The van der Waals surface area contributed by atoms with Crippen LogP contribution in [0.3, 0.4) is 0 Å². The number of rotatable bonds is 4. The second-order valence-corrected chi connectivity index (χ2v) is 3.96. The Kier molecular flexibility index (Phi) is 3.77. The van der Waals surface area contributed by atoms with Crippen LogP contribution in [0, 0.1) is 6.92 Å². The van der Waals surface area contributed by atoms with E-state index in [4.69, 9.17) is 4.74 Å². The van der Waals surface area contributed by atoms with Crippen molar-refractivity contribution in [3.8, 4) is 11.6 Å². The normalized spacial score (nSPS) is 10.2. The van der Waals surface area contributed by atoms with E-state index in [1.165, 1.54) is 0 Å². The minimum Gasteiger partial charge on any atom is -0.437 e. The lowest BCUT2D eigenvalue weighted by Gasteiger charge is -2.10. The molecule has 1 N–H and O–H groups in total. The zero-order valence-electron chi connectivity index (χ0n) is 10.9. The van der Waals surface area contributed by atoms with Gasteiger partial charge in [0.15, 0.2) is 5.75 Å². The van der Waals surface area contributed by atoms with E-state index in [1.807, 2.05) is 44.3 Å². The van der Waals surface area contributed by atoms with Gasteiger partial charge in [0.05, 0.1) is 5.69 Å². The van der Waals surface area contributed by atoms with Gasteiger partial charge in [0.1, 0.15) is 5.82 Å². The van der Waals surface area contributed by atoms with E-state index in [2.05, 4.69) is 22.2 Å². The maximum Gasteiger partial charge on any atom is 0.221 e. The van der Waals surface area contributed by atoms with Crippen LogP contribution in [0.15, 0.2) is 30.3 Å². The summed E-state index contributed by atoms with van der Waals surface area (Å²) in [4.78, 5) is 8.79. The van der Waals surface area contributed by atoms with Crippen molar-refractivity contribution in [1.29, 1.82) is 0 Å². The van der Waals surface area contributed by atoms with E-state index in [0.717, 1.165) is 29.4 Å². The van der Waals surface area contributed by atoms with Crippen molar-refractivity contribution in [1.82, 2.24) is 9.97 Å². The van der Waals surface area contributed by atoms with Crippen LogP contribution in [0.4, 0.5) is 5.82 Å². The van der Waals surface area contributed by atoms with Crippen molar-refractivity contribution in [2.75, 3.05) is 12.4 Å². The molecule has 0 bridgehead atoms. The molecule has 0 saturated carbocycles. The van der Waals surface area contributed by atoms with Gasteiger partial charge in [-0.1, -0.05) is 13.0 Å². The van der Waals surface area contributed by atoms with Crippen molar-refractivity contribution in [3.05, 3.63) is 41.7 Å². The molecular weight excluding hydrogens is 226 g/mol. The second kappa shape index (κ2) is 5.49. The monoisotopic (exact) mass is 243 g/mol. The van der Waals surface area contributed by atoms with Crippen LogP contribution >= 0.6 is 0 Å². The highest BCUT2D eigenvalue weighted by atomic mass is 16.5. The topological polar surface area (TPSA) is 47.0 Å². The molecule has 2 aromatic rings. The van der Waals surface area contributed by atoms with E-state index in [9.17, 15) is 0 Å². The van der Waals surface area contributed by atoms with Crippen LogP contribution < -0.4 is 10.1 Å². The minimum absolute atomic E-state index is 0.571. The summed E-state index contributed by atoms with van der Waals surface area (Å²) in [6, 6.07) is 9.51. The Morgan fingerprint density at radius 3 is 2.72 bits per heavy atom. The molecule has 0 atom stereocenters. The lowest BCUT2D eigenvalue weighted by Crippen LogP contribution is -1.98. The second-order valence-electron chi connectivity index (χ2n) is 3.96. The molecule has 0 amide bonds. The van der Waals surface area contributed by atoms with Crippen LogP contribution in [0.25, 0.3) is 0 Å². The van der Waals surface area contributed by atoms with Gasteiger partial charge >= 0.3 is 0 Å². The number of hydrogen-bond donors (Lipinski definition) is 1. The lowest BCUT2D eigenvalue weighted by molar-refractivity contribution is 0.455. The number of ether oxygens (including phenoxy) is 1. The molecule has 0 aliphatic carbocycles. The van der Waals surface area contributed by atoms with Gasteiger partial charge in [-0.05, 0) is 31.5 Å². The summed E-state index contributed by atoms with van der Waals surface area (Å²) >= 11 is 0. The summed E-state index contributed by atoms with van der Waals surface area (Å²) in [6.45, 7) is 4.04. The van der Waals surface area contributed by atoms with Crippen LogP contribution in [-0.4, -0.2) is 17.0 Å². The summed E-state index contributed by atoms with van der Waals surface area (Å²) < 4.78 is 5.78. The molecule has 2 aromatic heterocycles. The molecule has 0 spiro atoms. The van der Waals surface area contributed by atoms with Crippen molar-refractivity contribution < 1.29 is 4.74 Å². The Hall–Kier alpha value is -2.10. The number of aryl methyl sites for hydroxylation is 2. The third-order valence-corrected chi connectivity index (χ3v) is 2.60. The fourth-order valence-corrected chi connectivity index (χ4v) is 1.67. The first-order valence-corrected chi connectivity index (χ1v) is 6.02. The molecule has 18 heavy (non-hydrogen) atoms. The first-order valence-electron chi connectivity index (χ1n) is 6.02. The summed E-state index contributed by atoms with van der Waals surface area (Å²) in [5.74, 6) is 2.12. The highest BCUT2D eigenvalue weighted by molar-refractivity contribution is 5.38. The molecule has 2 rings (SSSR count). The first-order chi connectivity index (χ1) is 8.72. The van der Waals surface area contributed by atoms with E-state index < -0.39 is 0 Å². The molecule has 0 saturated heterocycles. The van der Waals surface area contributed by atoms with Crippen molar-refractivity contribution in [2.45, 2.75) is 20.3 Å². The van der Waals surface area contributed by atoms with E-state index in [1.54, 1.807) is 0 Å². The van der Waals surface area contributed by atoms with Gasteiger partial charge in [0.2, 0.25) is 5.88 Å². The van der Waals surface area contributed by atoms with Gasteiger partial charge in [0, 0.05) is 18.8 Å². The summed E-state index contributed by atoms with van der Waals surface area (Å²) in [5, 5.41) is 2.98. The van der Waals surface area contributed by atoms with Crippen LogP contribution in [0.5, 0.6) is 11.6 Å². The highest BCUT2D eigenvalue weighted by Crippen LogP contribution is 2.24. The SMILES string of the molecule is CCc1nc(C)ccc1Oc1cccc(NC)n1. The average molecular weight is 243 g/mol. The van der Waals surface area contributed by atoms with E-state index in [0.29, 0.717) is 5.88 Å². The zero-order chi connectivity index (χ0) is 13.0. The average Bonchev–Trinajstić information content (AvgIpc) is 2.41. The molecule has 0 aliphatic heterocycles. The van der Waals surface area contributed by atoms with Crippen molar-refractivity contribution >= 4 is 5.82 Å². The highest BCUT2D eigenvalue weighted by Gasteiger charge is 2.06. The number of pyridine rings is 2. The molecule has 0 radical (unpaired) electrons. The third kappa shape index (κ3) is 2.77. The van der Waals surface area contributed by atoms with Gasteiger partial charge in [-0.3, -0.25) is 4.98 Å². The smallest absolute Gasteiger partial charge is 0.221 e. The Balaban J connectivity index is 2.27. The van der Waals surface area contributed by atoms with Gasteiger partial charge in [-0.25, -0.2) is 0 Å². The maximum atomic E-state index is 5.78. The van der Waals surface area contributed by atoms with Gasteiger partial charge in [0.25, 0.3) is 0 Å². The number of aromatic nitrogens is 2. The fraction of sp³-hybridized carbons (Fsp3) is 0.286. The summed E-state index contributed by atoms with van der Waals surface area (Å²) in [7, 11) is 1.83. The molecule has 0 fully saturated rings. The third-order valence-electron chi connectivity index (χ3n) is 2.60. The number of hydrogen-bond acceptors (Lipinski definition) is 4. The Labute approximate surface area is 107 Å². The molecule has 94 valence electrons. The van der Waals surface area contributed by atoms with Crippen LogP contribution in [0.1, 0.15) is 18.3 Å². The van der Waals surface area contributed by atoms with Crippen LogP contribution in [0.2, 0.25) is 0 Å². The molecule has 0 aromatic carbocycles. The molecule has 0 unspecified atom stereocenters. The molecular formula is C14H17N3O. The number of nitrogens with zero attached hydrogens (tertiary/aromatic N) is 2. The van der Waals surface area contributed by atoms with E-state index >= 15 is 0 Å². The predicted molar refractivity (Wildman–Crippen MR) is 72.2 cm³/mol. The largest absolute Gasteiger partial charge is 0.437 e. The van der Waals surface area contributed by atoms with E-state index in [-0.39, 0.29) is 0 Å². The fourth-order valence-electron chi connectivity index (χ4n) is 1.67. The lowest BCUT2D eigenvalue weighted by atomic mass is 10.2. The molecule has 4 heteroatoms. The van der Waals surface area contributed by atoms with Crippen molar-refractivity contribution in [3.63, 3.8) is 0 Å². The number of nitrogens with one attached hydrogen (secondary N) is 1. The summed E-state index contributed by atoms with van der Waals surface area (Å²) in [6.07, 6.45) is 0.836. The van der Waals surface area contributed by atoms with Crippen molar-refractivity contribution in [2.24, 2.45) is 0 Å². The Morgan fingerprint density at radius 1 is 1.17 bits per heavy atom. The van der Waals surface area contributed by atoms with Gasteiger partial charge < -0.3 is 10.1 Å². The van der Waals surface area contributed by atoms with Gasteiger partial charge in [-0.2, -0.15) is 4.98 Å². The Bertz CT molecular complexity index is 540. The Morgan fingerprint density at radius 2 is 2.00 bits per heavy atom. The summed E-state index contributed by atoms with van der Waals surface area (Å²) in [5.41, 5.74) is 1.95. The minimum atomic E-state index is 0.571. The molecule has 0 aliphatic rings. The van der Waals surface area contributed by atoms with Gasteiger partial charge in [-0.15, -0.1) is 0 Å². The molecule has 2 heterocycles. The quantitative estimate of drug-likeness (QED) is 0.895. The number of anilines is 1. The maximum absolute atomic E-state index is 5.78. The molecule has 4 nitrogen and oxygen atoms in total. The van der Waals surface area contributed by atoms with Crippen LogP contribution in [-0.2, 0) is 6.42 Å². The first kappa shape index (κ1) is 12.4. The zero-order valence-corrected chi connectivity index (χ0v) is 10.9.